The van der Waals surface area contributed by atoms with Crippen LogP contribution in [0.3, 0.4) is 0 Å². The minimum Gasteiger partial charge on any atom is -0.490 e. The van der Waals surface area contributed by atoms with E-state index >= 15 is 0 Å². The second-order valence-corrected chi connectivity index (χ2v) is 12.3. The highest BCUT2D eigenvalue weighted by Crippen LogP contribution is 2.40. The quantitative estimate of drug-likeness (QED) is 0.269. The molecule has 0 aromatic heterocycles. The molecule has 2 aromatic carbocycles. The van der Waals surface area contributed by atoms with Gasteiger partial charge in [-0.2, -0.15) is 0 Å². The smallest absolute Gasteiger partial charge is 0.309 e. The number of halogens is 1. The number of piperidine rings is 1. The van der Waals surface area contributed by atoms with Crippen molar-refractivity contribution in [3.05, 3.63) is 39.5 Å². The summed E-state index contributed by atoms with van der Waals surface area (Å²) in [6, 6.07) is 11.0. The second kappa shape index (κ2) is 11.2. The van der Waals surface area contributed by atoms with Gasteiger partial charge in [0.05, 0.1) is 18.6 Å². The molecule has 0 unspecified atom stereocenters. The molecule has 0 N–H and O–H groups in total. The Morgan fingerprint density at radius 1 is 1.03 bits per heavy atom. The van der Waals surface area contributed by atoms with Gasteiger partial charge in [-0.25, -0.2) is 0 Å². The predicted octanol–water partition coefficient (Wildman–Crippen LogP) is 7.20. The number of benzene rings is 2. The topological polar surface area (TPSA) is 38.8 Å². The lowest BCUT2D eigenvalue weighted by Crippen LogP contribution is -2.36. The first-order chi connectivity index (χ1) is 16.3. The van der Waals surface area contributed by atoms with E-state index in [4.69, 9.17) is 9.47 Å². The zero-order valence-electron chi connectivity index (χ0n) is 21.2. The van der Waals surface area contributed by atoms with Crippen molar-refractivity contribution in [2.75, 3.05) is 19.7 Å². The van der Waals surface area contributed by atoms with Crippen molar-refractivity contribution in [1.29, 1.82) is 0 Å². The number of rotatable bonds is 6. The van der Waals surface area contributed by atoms with E-state index in [0.717, 1.165) is 57.0 Å². The highest BCUT2D eigenvalue weighted by molar-refractivity contribution is 14.1. The van der Waals surface area contributed by atoms with Gasteiger partial charge in [-0.05, 0) is 109 Å². The molecule has 2 aliphatic rings. The fourth-order valence-corrected chi connectivity index (χ4v) is 6.43. The lowest BCUT2D eigenvalue weighted by Gasteiger charge is -2.37. The van der Waals surface area contributed by atoms with Crippen molar-refractivity contribution >= 4 is 39.3 Å². The van der Waals surface area contributed by atoms with Gasteiger partial charge in [0.2, 0.25) is 0 Å². The highest BCUT2D eigenvalue weighted by atomic mass is 127. The summed E-state index contributed by atoms with van der Waals surface area (Å²) in [6.07, 6.45) is 6.79. The van der Waals surface area contributed by atoms with Crippen LogP contribution < -0.4 is 4.74 Å². The standard InChI is InChI=1S/C29H40INO3/c1-5-33-28(32)20-14-16-31(17-15-20)19-25-23-8-6-7-9-24(23)26(30)18-27(25)34-22-12-10-21(11-13-22)29(2,3)4/h6-9,18,20-22H,5,10-17,19H2,1-4H3. The number of fused-ring (bicyclic) bond motifs is 1. The molecule has 0 bridgehead atoms. The molecule has 2 aromatic rings. The maximum atomic E-state index is 12.2. The third-order valence-corrected chi connectivity index (χ3v) is 8.74. The average Bonchev–Trinajstić information content (AvgIpc) is 2.82. The van der Waals surface area contributed by atoms with Crippen LogP contribution in [0.1, 0.15) is 71.8 Å². The number of hydrogen-bond acceptors (Lipinski definition) is 4. The highest BCUT2D eigenvalue weighted by Gasteiger charge is 2.31. The van der Waals surface area contributed by atoms with Crippen LogP contribution in [-0.4, -0.2) is 36.7 Å². The van der Waals surface area contributed by atoms with Gasteiger partial charge in [0.15, 0.2) is 0 Å². The fraction of sp³-hybridized carbons (Fsp3) is 0.621. The van der Waals surface area contributed by atoms with Crippen LogP contribution in [0.2, 0.25) is 0 Å². The molecule has 4 nitrogen and oxygen atoms in total. The van der Waals surface area contributed by atoms with E-state index in [1.54, 1.807) is 0 Å². The van der Waals surface area contributed by atoms with Crippen molar-refractivity contribution < 1.29 is 14.3 Å². The Kier molecular flexibility index (Phi) is 8.44. The Morgan fingerprint density at radius 2 is 1.68 bits per heavy atom. The summed E-state index contributed by atoms with van der Waals surface area (Å²) >= 11 is 2.45. The van der Waals surface area contributed by atoms with Crippen LogP contribution >= 0.6 is 22.6 Å². The number of likely N-dealkylation sites (tertiary alicyclic amines) is 1. The molecule has 4 rings (SSSR count). The Morgan fingerprint density at radius 3 is 2.29 bits per heavy atom. The predicted molar refractivity (Wildman–Crippen MR) is 147 cm³/mol. The lowest BCUT2D eigenvalue weighted by molar-refractivity contribution is -0.149. The SMILES string of the molecule is CCOC(=O)C1CCN(Cc2c(OC3CCC(C(C)(C)C)CC3)cc(I)c3ccccc23)CC1. The Hall–Kier alpha value is -1.34. The van der Waals surface area contributed by atoms with E-state index in [1.807, 2.05) is 6.92 Å². The van der Waals surface area contributed by atoms with E-state index in [-0.39, 0.29) is 11.9 Å². The number of nitrogens with zero attached hydrogens (tertiary/aromatic N) is 1. The minimum atomic E-state index is -0.0308. The Balaban J connectivity index is 1.51. The molecule has 2 fully saturated rings. The van der Waals surface area contributed by atoms with E-state index in [2.05, 4.69) is 78.6 Å². The van der Waals surface area contributed by atoms with Crippen molar-refractivity contribution in [2.24, 2.45) is 17.3 Å². The van der Waals surface area contributed by atoms with Gasteiger partial charge >= 0.3 is 5.97 Å². The minimum absolute atomic E-state index is 0.0308. The van der Waals surface area contributed by atoms with Crippen molar-refractivity contribution in [3.63, 3.8) is 0 Å². The summed E-state index contributed by atoms with van der Waals surface area (Å²) in [7, 11) is 0. The van der Waals surface area contributed by atoms with Crippen LogP contribution in [0.25, 0.3) is 10.8 Å². The Labute approximate surface area is 218 Å². The molecular formula is C29H40INO3. The van der Waals surface area contributed by atoms with E-state index in [0.29, 0.717) is 18.1 Å². The third kappa shape index (κ3) is 6.07. The number of carbonyl (C=O) groups excluding carboxylic acids is 1. The second-order valence-electron chi connectivity index (χ2n) is 11.1. The van der Waals surface area contributed by atoms with Crippen molar-refractivity contribution in [2.45, 2.75) is 78.9 Å². The third-order valence-electron chi connectivity index (χ3n) is 7.85. The van der Waals surface area contributed by atoms with Crippen LogP contribution in [-0.2, 0) is 16.1 Å². The molecule has 1 saturated carbocycles. The van der Waals surface area contributed by atoms with Crippen LogP contribution in [0.5, 0.6) is 5.75 Å². The van der Waals surface area contributed by atoms with Gasteiger partial charge in [-0.15, -0.1) is 0 Å². The van der Waals surface area contributed by atoms with Gasteiger partial charge in [-0.3, -0.25) is 9.69 Å². The van der Waals surface area contributed by atoms with Gasteiger partial charge in [0.1, 0.15) is 5.75 Å². The molecule has 1 aliphatic carbocycles. The van der Waals surface area contributed by atoms with Gasteiger partial charge in [0, 0.05) is 15.7 Å². The molecule has 0 spiro atoms. The summed E-state index contributed by atoms with van der Waals surface area (Å²) in [5.41, 5.74) is 1.67. The maximum absolute atomic E-state index is 12.2. The van der Waals surface area contributed by atoms with Gasteiger partial charge in [0.25, 0.3) is 0 Å². The maximum Gasteiger partial charge on any atom is 0.309 e. The first-order valence-electron chi connectivity index (χ1n) is 13.0. The number of esters is 1. The van der Waals surface area contributed by atoms with Gasteiger partial charge < -0.3 is 9.47 Å². The summed E-state index contributed by atoms with van der Waals surface area (Å²) in [4.78, 5) is 14.7. The van der Waals surface area contributed by atoms with E-state index in [1.165, 1.54) is 32.7 Å². The molecular weight excluding hydrogens is 537 g/mol. The molecule has 34 heavy (non-hydrogen) atoms. The number of carbonyl (C=O) groups is 1. The van der Waals surface area contributed by atoms with E-state index < -0.39 is 0 Å². The summed E-state index contributed by atoms with van der Waals surface area (Å²) in [5, 5.41) is 2.59. The normalized spacial score (nSPS) is 22.6. The molecule has 0 atom stereocenters. The van der Waals surface area contributed by atoms with Crippen molar-refractivity contribution in [3.8, 4) is 5.75 Å². The molecule has 1 heterocycles. The fourth-order valence-electron chi connectivity index (χ4n) is 5.67. The lowest BCUT2D eigenvalue weighted by atomic mass is 9.72. The Bertz CT molecular complexity index is 983. The van der Waals surface area contributed by atoms with E-state index in [9.17, 15) is 4.79 Å². The zero-order chi connectivity index (χ0) is 24.3. The molecule has 1 aliphatic heterocycles. The molecule has 186 valence electrons. The monoisotopic (exact) mass is 577 g/mol. The van der Waals surface area contributed by atoms with Crippen LogP contribution in [0, 0.1) is 20.8 Å². The van der Waals surface area contributed by atoms with Crippen molar-refractivity contribution in [1.82, 2.24) is 4.90 Å². The summed E-state index contributed by atoms with van der Waals surface area (Å²) in [5.74, 6) is 1.84. The largest absolute Gasteiger partial charge is 0.490 e. The van der Waals surface area contributed by atoms with Gasteiger partial charge in [-0.1, -0.05) is 45.0 Å². The number of hydrogen-bond donors (Lipinski definition) is 0. The first kappa shape index (κ1) is 25.7. The van der Waals surface area contributed by atoms with Crippen LogP contribution in [0.4, 0.5) is 0 Å². The first-order valence-corrected chi connectivity index (χ1v) is 14.1. The van der Waals surface area contributed by atoms with Crippen LogP contribution in [0.15, 0.2) is 30.3 Å². The zero-order valence-corrected chi connectivity index (χ0v) is 23.4. The number of ether oxygens (including phenoxy) is 2. The molecule has 0 amide bonds. The molecule has 5 heteroatoms. The molecule has 0 radical (unpaired) electrons. The average molecular weight is 578 g/mol. The summed E-state index contributed by atoms with van der Waals surface area (Å²) < 4.78 is 13.3. The summed E-state index contributed by atoms with van der Waals surface area (Å²) in [6.45, 7) is 12.1. The molecule has 1 saturated heterocycles.